The molecule has 5 heteroatoms. The third kappa shape index (κ3) is 2.09. The van der Waals surface area contributed by atoms with Crippen molar-refractivity contribution >= 4 is 22.8 Å². The molecular formula is C13H14N4S. The van der Waals surface area contributed by atoms with Gasteiger partial charge in [-0.25, -0.2) is 9.50 Å². The van der Waals surface area contributed by atoms with Crippen molar-refractivity contribution in [2.45, 2.75) is 20.4 Å². The summed E-state index contributed by atoms with van der Waals surface area (Å²) in [7, 11) is 0. The maximum atomic E-state index is 4.47. The Labute approximate surface area is 109 Å². The molecule has 0 radical (unpaired) electrons. The van der Waals surface area contributed by atoms with Crippen LogP contribution in [-0.4, -0.2) is 14.6 Å². The van der Waals surface area contributed by atoms with Gasteiger partial charge in [-0.2, -0.15) is 5.10 Å². The largest absolute Gasteiger partial charge is 0.365 e. The minimum atomic E-state index is 0.816. The molecule has 0 aliphatic rings. The third-order valence-electron chi connectivity index (χ3n) is 2.92. The molecule has 0 bridgehead atoms. The van der Waals surface area contributed by atoms with E-state index in [0.717, 1.165) is 18.0 Å². The molecule has 0 amide bonds. The fourth-order valence-corrected chi connectivity index (χ4v) is 2.82. The molecule has 0 saturated heterocycles. The van der Waals surface area contributed by atoms with E-state index in [1.165, 1.54) is 15.3 Å². The molecule has 92 valence electrons. The maximum Gasteiger partial charge on any atom is 0.157 e. The normalized spacial score (nSPS) is 11.0. The van der Waals surface area contributed by atoms with Crippen molar-refractivity contribution in [3.05, 3.63) is 45.9 Å². The molecule has 4 nitrogen and oxygen atoms in total. The van der Waals surface area contributed by atoms with Crippen molar-refractivity contribution < 1.29 is 0 Å². The summed E-state index contributed by atoms with van der Waals surface area (Å²) in [6.07, 6.45) is 3.66. The van der Waals surface area contributed by atoms with E-state index in [0.29, 0.717) is 0 Å². The molecule has 0 atom stereocenters. The van der Waals surface area contributed by atoms with Crippen LogP contribution < -0.4 is 5.32 Å². The zero-order valence-electron chi connectivity index (χ0n) is 10.3. The average Bonchev–Trinajstić information content (AvgIpc) is 2.94. The highest BCUT2D eigenvalue weighted by Gasteiger charge is 2.02. The van der Waals surface area contributed by atoms with E-state index in [2.05, 4.69) is 35.3 Å². The van der Waals surface area contributed by atoms with Gasteiger partial charge in [-0.15, -0.1) is 11.3 Å². The predicted octanol–water partition coefficient (Wildman–Crippen LogP) is 3.02. The van der Waals surface area contributed by atoms with Gasteiger partial charge in [0.25, 0.3) is 0 Å². The Bertz CT molecular complexity index is 664. The van der Waals surface area contributed by atoms with Gasteiger partial charge < -0.3 is 5.32 Å². The lowest BCUT2D eigenvalue weighted by molar-refractivity contribution is 0.937. The van der Waals surface area contributed by atoms with Crippen LogP contribution in [0.4, 0.5) is 5.82 Å². The summed E-state index contributed by atoms with van der Waals surface area (Å²) in [5.41, 5.74) is 2.22. The smallest absolute Gasteiger partial charge is 0.157 e. The van der Waals surface area contributed by atoms with Gasteiger partial charge in [0.05, 0.1) is 12.7 Å². The average molecular weight is 258 g/mol. The Morgan fingerprint density at radius 2 is 2.22 bits per heavy atom. The molecule has 0 saturated carbocycles. The second-order valence-electron chi connectivity index (χ2n) is 4.25. The predicted molar refractivity (Wildman–Crippen MR) is 74.1 cm³/mol. The Kier molecular flexibility index (Phi) is 2.76. The van der Waals surface area contributed by atoms with Gasteiger partial charge in [-0.3, -0.25) is 0 Å². The van der Waals surface area contributed by atoms with Crippen molar-refractivity contribution in [1.29, 1.82) is 0 Å². The molecule has 0 aliphatic carbocycles. The minimum Gasteiger partial charge on any atom is -0.365 e. The van der Waals surface area contributed by atoms with Gasteiger partial charge in [0.1, 0.15) is 5.82 Å². The standard InChI is InChI=1S/C13H14N4S/c1-9-7-11(18-10(9)2)8-14-12-4-6-17-13(16-12)3-5-15-17/h3-7H,8H2,1-2H3,(H,14,16). The molecule has 18 heavy (non-hydrogen) atoms. The molecule has 3 rings (SSSR count). The van der Waals surface area contributed by atoms with E-state index in [9.17, 15) is 0 Å². The van der Waals surface area contributed by atoms with Crippen molar-refractivity contribution in [2.24, 2.45) is 0 Å². The third-order valence-corrected chi connectivity index (χ3v) is 4.07. The first-order valence-electron chi connectivity index (χ1n) is 5.82. The van der Waals surface area contributed by atoms with Crippen LogP contribution in [0.2, 0.25) is 0 Å². The first-order chi connectivity index (χ1) is 8.72. The Morgan fingerprint density at radius 3 is 3.00 bits per heavy atom. The summed E-state index contributed by atoms with van der Waals surface area (Å²) in [5, 5.41) is 7.46. The number of nitrogens with zero attached hydrogens (tertiary/aromatic N) is 3. The summed E-state index contributed by atoms with van der Waals surface area (Å²) in [4.78, 5) is 7.19. The van der Waals surface area contributed by atoms with Crippen LogP contribution in [0.25, 0.3) is 5.65 Å². The molecule has 3 heterocycles. The van der Waals surface area contributed by atoms with Crippen LogP contribution >= 0.6 is 11.3 Å². The molecule has 0 aliphatic heterocycles. The Balaban J connectivity index is 1.76. The van der Waals surface area contributed by atoms with E-state index < -0.39 is 0 Å². The zero-order chi connectivity index (χ0) is 12.5. The Hall–Kier alpha value is -1.88. The second-order valence-corrected chi connectivity index (χ2v) is 5.59. The second kappa shape index (κ2) is 4.42. The van der Waals surface area contributed by atoms with Gasteiger partial charge in [-0.1, -0.05) is 0 Å². The highest BCUT2D eigenvalue weighted by molar-refractivity contribution is 7.12. The maximum absolute atomic E-state index is 4.47. The number of rotatable bonds is 3. The molecule has 0 fully saturated rings. The summed E-state index contributed by atoms with van der Waals surface area (Å²) < 4.78 is 1.75. The van der Waals surface area contributed by atoms with E-state index in [4.69, 9.17) is 0 Å². The summed E-state index contributed by atoms with van der Waals surface area (Å²) >= 11 is 1.83. The first kappa shape index (κ1) is 11.2. The van der Waals surface area contributed by atoms with Crippen LogP contribution in [0.3, 0.4) is 0 Å². The number of hydrogen-bond donors (Lipinski definition) is 1. The summed E-state index contributed by atoms with van der Waals surface area (Å²) in [6.45, 7) is 5.11. The van der Waals surface area contributed by atoms with Crippen LogP contribution in [-0.2, 0) is 6.54 Å². The van der Waals surface area contributed by atoms with Crippen molar-refractivity contribution in [3.8, 4) is 0 Å². The molecule has 3 aromatic rings. The number of thiophene rings is 1. The zero-order valence-corrected chi connectivity index (χ0v) is 11.2. The van der Waals surface area contributed by atoms with Crippen molar-refractivity contribution in [3.63, 3.8) is 0 Å². The van der Waals surface area contributed by atoms with Crippen LogP contribution in [0, 0.1) is 13.8 Å². The Morgan fingerprint density at radius 1 is 1.33 bits per heavy atom. The molecule has 0 unspecified atom stereocenters. The highest BCUT2D eigenvalue weighted by Crippen LogP contribution is 2.21. The van der Waals surface area contributed by atoms with Gasteiger partial charge in [0.2, 0.25) is 0 Å². The number of aromatic nitrogens is 3. The van der Waals surface area contributed by atoms with Gasteiger partial charge >= 0.3 is 0 Å². The van der Waals surface area contributed by atoms with Gasteiger partial charge in [0.15, 0.2) is 5.65 Å². The monoisotopic (exact) mass is 258 g/mol. The highest BCUT2D eigenvalue weighted by atomic mass is 32.1. The van der Waals surface area contributed by atoms with E-state index >= 15 is 0 Å². The molecule has 1 N–H and O–H groups in total. The number of hydrogen-bond acceptors (Lipinski definition) is 4. The lowest BCUT2D eigenvalue weighted by Crippen LogP contribution is -2.01. The number of nitrogens with one attached hydrogen (secondary N) is 1. The molecule has 0 aromatic carbocycles. The van der Waals surface area contributed by atoms with Crippen molar-refractivity contribution in [1.82, 2.24) is 14.6 Å². The SMILES string of the molecule is Cc1cc(CNc2ccn3nccc3n2)sc1C. The van der Waals surface area contributed by atoms with Crippen LogP contribution in [0.1, 0.15) is 15.3 Å². The molecular weight excluding hydrogens is 244 g/mol. The van der Waals surface area contributed by atoms with Gasteiger partial charge in [-0.05, 0) is 31.5 Å². The first-order valence-corrected chi connectivity index (χ1v) is 6.64. The fourth-order valence-electron chi connectivity index (χ4n) is 1.83. The lowest BCUT2D eigenvalue weighted by Gasteiger charge is -2.03. The van der Waals surface area contributed by atoms with Crippen LogP contribution in [0.5, 0.6) is 0 Å². The topological polar surface area (TPSA) is 42.2 Å². The van der Waals surface area contributed by atoms with E-state index in [1.54, 1.807) is 10.7 Å². The van der Waals surface area contributed by atoms with E-state index in [1.807, 2.05) is 29.7 Å². The minimum absolute atomic E-state index is 0.816. The van der Waals surface area contributed by atoms with Gasteiger partial charge in [0, 0.05) is 22.0 Å². The van der Waals surface area contributed by atoms with E-state index in [-0.39, 0.29) is 0 Å². The van der Waals surface area contributed by atoms with Crippen LogP contribution in [0.15, 0.2) is 30.6 Å². The summed E-state index contributed by atoms with van der Waals surface area (Å²) in [6, 6.07) is 6.06. The number of anilines is 1. The quantitative estimate of drug-likeness (QED) is 0.785. The molecule has 0 spiro atoms. The van der Waals surface area contributed by atoms with Crippen molar-refractivity contribution in [2.75, 3.05) is 5.32 Å². The fraction of sp³-hybridized carbons (Fsp3) is 0.231. The lowest BCUT2D eigenvalue weighted by atomic mass is 10.3. The summed E-state index contributed by atoms with van der Waals surface area (Å²) in [5.74, 6) is 0.881. The number of fused-ring (bicyclic) bond motifs is 1. The number of aryl methyl sites for hydroxylation is 2. The molecule has 3 aromatic heterocycles.